The fourth-order valence-electron chi connectivity index (χ4n) is 1.36. The normalized spacial score (nSPS) is 12.9. The smallest absolute Gasteiger partial charge is 0.429 e. The minimum Gasteiger partial charge on any atom is -0.488 e. The lowest BCUT2D eigenvalue weighted by Crippen LogP contribution is -2.60. The Morgan fingerprint density at radius 2 is 1.67 bits per heavy atom. The lowest BCUT2D eigenvalue weighted by atomic mass is 10.0. The Kier molecular flexibility index (Phi) is 4.43. The molecule has 1 N–H and O–H groups in total. The Balaban J connectivity index is 3.08. The average Bonchev–Trinajstić information content (AvgIpc) is 2.33. The highest BCUT2D eigenvalue weighted by molar-refractivity contribution is 5.45. The number of ether oxygens (including phenoxy) is 1. The molecule has 0 aliphatic carbocycles. The number of nitrogens with zero attached hydrogens (tertiary/aromatic N) is 1. The van der Waals surface area contributed by atoms with E-state index in [1.807, 2.05) is 0 Å². The van der Waals surface area contributed by atoms with Gasteiger partial charge in [0.25, 0.3) is 5.60 Å². The van der Waals surface area contributed by atoms with E-state index in [1.165, 1.54) is 12.1 Å². The summed E-state index contributed by atoms with van der Waals surface area (Å²) in [6.07, 6.45) is -11.9. The number of alkyl halides is 6. The van der Waals surface area contributed by atoms with Gasteiger partial charge in [-0.2, -0.15) is 31.6 Å². The van der Waals surface area contributed by atoms with Gasteiger partial charge in [-0.25, -0.2) is 0 Å². The number of hydrogen-bond donors (Lipinski definition) is 1. The molecule has 0 aliphatic heterocycles. The zero-order chi connectivity index (χ0) is 16.5. The summed E-state index contributed by atoms with van der Waals surface area (Å²) in [5, 5.41) is 17.7. The standard InChI is InChI=1S/C12H9F6NO2/c1-7-2-3-9(8(4-7)5-19)21-6-10(20,11(13,14)15)12(16,17)18/h2-4,20H,6H2,1H3. The summed E-state index contributed by atoms with van der Waals surface area (Å²) in [6.45, 7) is -0.524. The lowest BCUT2D eigenvalue weighted by Gasteiger charge is -2.31. The van der Waals surface area contributed by atoms with Crippen molar-refractivity contribution >= 4 is 0 Å². The van der Waals surface area contributed by atoms with Crippen LogP contribution in [0.25, 0.3) is 0 Å². The SMILES string of the molecule is Cc1ccc(OCC(O)(C(F)(F)F)C(F)(F)F)c(C#N)c1. The number of aliphatic hydroxyl groups is 1. The van der Waals surface area contributed by atoms with Crippen molar-refractivity contribution in [3.63, 3.8) is 0 Å². The first-order chi connectivity index (χ1) is 9.42. The van der Waals surface area contributed by atoms with Crippen LogP contribution >= 0.6 is 0 Å². The molecular weight excluding hydrogens is 304 g/mol. The first-order valence-electron chi connectivity index (χ1n) is 5.42. The first-order valence-corrected chi connectivity index (χ1v) is 5.42. The summed E-state index contributed by atoms with van der Waals surface area (Å²) >= 11 is 0. The summed E-state index contributed by atoms with van der Waals surface area (Å²) in [5.41, 5.74) is -4.68. The largest absolute Gasteiger partial charge is 0.488 e. The molecule has 0 atom stereocenters. The van der Waals surface area contributed by atoms with Gasteiger partial charge in [-0.05, 0) is 24.6 Å². The molecule has 0 heterocycles. The van der Waals surface area contributed by atoms with E-state index < -0.39 is 30.3 Å². The summed E-state index contributed by atoms with van der Waals surface area (Å²) in [7, 11) is 0. The van der Waals surface area contributed by atoms with Gasteiger partial charge in [-0.1, -0.05) is 6.07 Å². The van der Waals surface area contributed by atoms with E-state index in [4.69, 9.17) is 10.4 Å². The third-order valence-electron chi connectivity index (χ3n) is 2.63. The molecule has 0 aromatic heterocycles. The van der Waals surface area contributed by atoms with Crippen molar-refractivity contribution in [3.05, 3.63) is 29.3 Å². The lowest BCUT2D eigenvalue weighted by molar-refractivity contribution is -0.373. The van der Waals surface area contributed by atoms with Gasteiger partial charge in [0.1, 0.15) is 18.4 Å². The molecule has 0 radical (unpaired) electrons. The van der Waals surface area contributed by atoms with E-state index in [9.17, 15) is 26.3 Å². The summed E-state index contributed by atoms with van der Waals surface area (Å²) in [4.78, 5) is 0. The second-order valence-electron chi connectivity index (χ2n) is 4.26. The molecule has 1 rings (SSSR count). The number of rotatable bonds is 3. The van der Waals surface area contributed by atoms with E-state index in [2.05, 4.69) is 4.74 Å². The van der Waals surface area contributed by atoms with Crippen molar-refractivity contribution in [1.82, 2.24) is 0 Å². The maximum absolute atomic E-state index is 12.4. The summed E-state index contributed by atoms with van der Waals surface area (Å²) in [5.74, 6) is -0.477. The van der Waals surface area contributed by atoms with Crippen molar-refractivity contribution in [2.24, 2.45) is 0 Å². The van der Waals surface area contributed by atoms with Gasteiger partial charge < -0.3 is 9.84 Å². The van der Waals surface area contributed by atoms with Crippen LogP contribution in [0.3, 0.4) is 0 Å². The van der Waals surface area contributed by atoms with E-state index in [1.54, 1.807) is 13.0 Å². The molecule has 0 aliphatic rings. The third kappa shape index (κ3) is 3.39. The number of benzene rings is 1. The van der Waals surface area contributed by atoms with Crippen LogP contribution in [0.5, 0.6) is 5.75 Å². The Bertz CT molecular complexity index is 544. The van der Waals surface area contributed by atoms with Gasteiger partial charge in [0, 0.05) is 0 Å². The van der Waals surface area contributed by atoms with Gasteiger partial charge >= 0.3 is 12.4 Å². The molecule has 116 valence electrons. The zero-order valence-corrected chi connectivity index (χ0v) is 10.5. The molecule has 0 fully saturated rings. The number of aryl methyl sites for hydroxylation is 1. The first kappa shape index (κ1) is 17.1. The molecule has 21 heavy (non-hydrogen) atoms. The van der Waals surface area contributed by atoms with E-state index in [0.29, 0.717) is 5.56 Å². The fraction of sp³-hybridized carbons (Fsp3) is 0.417. The predicted octanol–water partition coefficient (Wildman–Crippen LogP) is 3.10. The van der Waals surface area contributed by atoms with Crippen LogP contribution in [-0.4, -0.2) is 29.7 Å². The van der Waals surface area contributed by atoms with Crippen LogP contribution in [0.1, 0.15) is 11.1 Å². The second kappa shape index (κ2) is 5.44. The van der Waals surface area contributed by atoms with Crippen molar-refractivity contribution < 1.29 is 36.2 Å². The van der Waals surface area contributed by atoms with Crippen molar-refractivity contribution in [2.45, 2.75) is 24.9 Å². The monoisotopic (exact) mass is 313 g/mol. The predicted molar refractivity (Wildman–Crippen MR) is 58.4 cm³/mol. The van der Waals surface area contributed by atoms with Crippen molar-refractivity contribution in [2.75, 3.05) is 6.61 Å². The van der Waals surface area contributed by atoms with Gasteiger partial charge in [0.15, 0.2) is 0 Å². The Morgan fingerprint density at radius 3 is 2.10 bits per heavy atom. The maximum atomic E-state index is 12.4. The molecule has 3 nitrogen and oxygen atoms in total. The van der Waals surface area contributed by atoms with E-state index >= 15 is 0 Å². The minimum absolute atomic E-state index is 0.235. The van der Waals surface area contributed by atoms with E-state index in [0.717, 1.165) is 6.07 Å². The molecule has 0 bridgehead atoms. The molecule has 1 aromatic rings. The van der Waals surface area contributed by atoms with Crippen LogP contribution in [0.15, 0.2) is 18.2 Å². The molecule has 0 spiro atoms. The zero-order valence-electron chi connectivity index (χ0n) is 10.5. The van der Waals surface area contributed by atoms with Crippen LogP contribution in [0.4, 0.5) is 26.3 Å². The van der Waals surface area contributed by atoms with Gasteiger partial charge in [0.05, 0.1) is 5.56 Å². The van der Waals surface area contributed by atoms with Crippen LogP contribution in [-0.2, 0) is 0 Å². The molecule has 0 saturated carbocycles. The maximum Gasteiger partial charge on any atom is 0.429 e. The van der Waals surface area contributed by atoms with Gasteiger partial charge in [0.2, 0.25) is 0 Å². The molecule has 0 amide bonds. The highest BCUT2D eigenvalue weighted by atomic mass is 19.4. The van der Waals surface area contributed by atoms with Crippen molar-refractivity contribution in [1.29, 1.82) is 5.26 Å². The molecule has 9 heteroatoms. The van der Waals surface area contributed by atoms with Gasteiger partial charge in [-0.3, -0.25) is 0 Å². The minimum atomic E-state index is -5.97. The molecule has 0 saturated heterocycles. The molecular formula is C12H9F6NO2. The highest BCUT2D eigenvalue weighted by Gasteiger charge is 2.71. The van der Waals surface area contributed by atoms with Gasteiger partial charge in [-0.15, -0.1) is 0 Å². The molecule has 1 aromatic carbocycles. The Labute approximate surface area is 115 Å². The second-order valence-corrected chi connectivity index (χ2v) is 4.26. The van der Waals surface area contributed by atoms with Crippen LogP contribution in [0, 0.1) is 18.3 Å². The van der Waals surface area contributed by atoms with E-state index in [-0.39, 0.29) is 5.56 Å². The topological polar surface area (TPSA) is 53.2 Å². The Morgan fingerprint density at radius 1 is 1.14 bits per heavy atom. The third-order valence-corrected chi connectivity index (χ3v) is 2.63. The highest BCUT2D eigenvalue weighted by Crippen LogP contribution is 2.43. The molecule has 0 unspecified atom stereocenters. The number of hydrogen-bond acceptors (Lipinski definition) is 3. The fourth-order valence-corrected chi connectivity index (χ4v) is 1.36. The summed E-state index contributed by atoms with van der Waals surface area (Å²) < 4.78 is 79.0. The number of halogens is 6. The van der Waals surface area contributed by atoms with Crippen molar-refractivity contribution in [3.8, 4) is 11.8 Å². The Hall–Kier alpha value is -1.95. The average molecular weight is 313 g/mol. The summed E-state index contributed by atoms with van der Waals surface area (Å²) in [6, 6.07) is 5.21. The van der Waals surface area contributed by atoms with Crippen LogP contribution < -0.4 is 4.74 Å². The quantitative estimate of drug-likeness (QED) is 0.873. The van der Waals surface area contributed by atoms with Crippen LogP contribution in [0.2, 0.25) is 0 Å². The number of nitriles is 1.